The minimum absolute atomic E-state index is 0.183. The van der Waals surface area contributed by atoms with Gasteiger partial charge in [0.05, 0.1) is 13.7 Å². The van der Waals surface area contributed by atoms with E-state index in [1.165, 1.54) is 29.7 Å². The Morgan fingerprint density at radius 1 is 1.00 bits per heavy atom. The summed E-state index contributed by atoms with van der Waals surface area (Å²) >= 11 is 0. The standard InChI is InChI=1S/C23H29N3O2/c1-28-20-11-9-19(10-12-20)25-13-15-26(16-14-25)23(27)17-24-22-8-4-6-18-5-2-3-7-21(18)22/h4,6,8-12,24H,2-3,5,7,13-17H2,1H3. The zero-order valence-corrected chi connectivity index (χ0v) is 16.6. The lowest BCUT2D eigenvalue weighted by molar-refractivity contribution is -0.129. The number of hydrogen-bond acceptors (Lipinski definition) is 4. The Hall–Kier alpha value is -2.69. The van der Waals surface area contributed by atoms with Crippen molar-refractivity contribution in [3.63, 3.8) is 0 Å². The molecule has 1 N–H and O–H groups in total. The number of aryl methyl sites for hydroxylation is 1. The van der Waals surface area contributed by atoms with Crippen molar-refractivity contribution in [1.82, 2.24) is 4.90 Å². The molecule has 0 aromatic heterocycles. The van der Waals surface area contributed by atoms with E-state index in [2.05, 4.69) is 40.5 Å². The number of piperazine rings is 1. The third kappa shape index (κ3) is 4.08. The summed E-state index contributed by atoms with van der Waals surface area (Å²) in [5.41, 5.74) is 5.17. The molecule has 2 aromatic rings. The zero-order chi connectivity index (χ0) is 19.3. The largest absolute Gasteiger partial charge is 0.497 e. The van der Waals surface area contributed by atoms with Crippen molar-refractivity contribution in [2.24, 2.45) is 0 Å². The minimum Gasteiger partial charge on any atom is -0.497 e. The third-order valence-electron chi connectivity index (χ3n) is 5.90. The lowest BCUT2D eigenvalue weighted by Crippen LogP contribution is -2.50. The van der Waals surface area contributed by atoms with Crippen molar-refractivity contribution in [2.75, 3.05) is 50.1 Å². The number of rotatable bonds is 5. The van der Waals surface area contributed by atoms with Gasteiger partial charge in [0.25, 0.3) is 0 Å². The van der Waals surface area contributed by atoms with E-state index in [4.69, 9.17) is 4.74 Å². The zero-order valence-electron chi connectivity index (χ0n) is 16.6. The molecular weight excluding hydrogens is 350 g/mol. The molecule has 1 fully saturated rings. The quantitative estimate of drug-likeness (QED) is 0.866. The van der Waals surface area contributed by atoms with Crippen molar-refractivity contribution in [1.29, 1.82) is 0 Å². The number of nitrogens with zero attached hydrogens (tertiary/aromatic N) is 2. The average molecular weight is 380 g/mol. The van der Waals surface area contributed by atoms with Crippen molar-refractivity contribution >= 4 is 17.3 Å². The third-order valence-corrected chi connectivity index (χ3v) is 5.90. The topological polar surface area (TPSA) is 44.8 Å². The summed E-state index contributed by atoms with van der Waals surface area (Å²) < 4.78 is 5.22. The van der Waals surface area contributed by atoms with E-state index in [-0.39, 0.29) is 5.91 Å². The van der Waals surface area contributed by atoms with E-state index in [0.29, 0.717) is 6.54 Å². The molecule has 5 nitrogen and oxygen atoms in total. The van der Waals surface area contributed by atoms with Gasteiger partial charge >= 0.3 is 0 Å². The maximum atomic E-state index is 12.7. The summed E-state index contributed by atoms with van der Waals surface area (Å²) in [4.78, 5) is 17.0. The van der Waals surface area contributed by atoms with Crippen LogP contribution in [-0.4, -0.2) is 50.6 Å². The summed E-state index contributed by atoms with van der Waals surface area (Å²) in [5.74, 6) is 1.05. The molecule has 0 radical (unpaired) electrons. The van der Waals surface area contributed by atoms with Gasteiger partial charge in [0.1, 0.15) is 5.75 Å². The molecule has 1 saturated heterocycles. The molecule has 0 saturated carbocycles. The fourth-order valence-electron chi connectivity index (χ4n) is 4.24. The van der Waals surface area contributed by atoms with Crippen molar-refractivity contribution in [3.8, 4) is 5.75 Å². The van der Waals surface area contributed by atoms with Crippen LogP contribution in [0, 0.1) is 0 Å². The minimum atomic E-state index is 0.183. The molecule has 2 aliphatic rings. The molecule has 1 aliphatic carbocycles. The number of anilines is 2. The molecule has 2 aromatic carbocycles. The monoisotopic (exact) mass is 379 g/mol. The van der Waals surface area contributed by atoms with E-state index in [9.17, 15) is 4.79 Å². The average Bonchev–Trinajstić information content (AvgIpc) is 2.77. The van der Waals surface area contributed by atoms with Crippen LogP contribution in [0.1, 0.15) is 24.0 Å². The van der Waals surface area contributed by atoms with Crippen LogP contribution in [0.5, 0.6) is 5.75 Å². The van der Waals surface area contributed by atoms with E-state index >= 15 is 0 Å². The highest BCUT2D eigenvalue weighted by molar-refractivity contribution is 5.81. The molecule has 0 spiro atoms. The van der Waals surface area contributed by atoms with Crippen molar-refractivity contribution in [2.45, 2.75) is 25.7 Å². The Morgan fingerprint density at radius 3 is 2.50 bits per heavy atom. The van der Waals surface area contributed by atoms with Gasteiger partial charge in [0, 0.05) is 37.6 Å². The number of fused-ring (bicyclic) bond motifs is 1. The predicted octanol–water partition coefficient (Wildman–Crippen LogP) is 3.33. The van der Waals surface area contributed by atoms with Crippen LogP contribution in [-0.2, 0) is 17.6 Å². The van der Waals surface area contributed by atoms with Gasteiger partial charge in [0.2, 0.25) is 5.91 Å². The van der Waals surface area contributed by atoms with E-state index in [1.54, 1.807) is 7.11 Å². The molecule has 4 rings (SSSR count). The smallest absolute Gasteiger partial charge is 0.241 e. The lowest BCUT2D eigenvalue weighted by Gasteiger charge is -2.36. The van der Waals surface area contributed by atoms with Crippen LogP contribution in [0.2, 0.25) is 0 Å². The molecule has 0 unspecified atom stereocenters. The van der Waals surface area contributed by atoms with Crippen LogP contribution in [0.4, 0.5) is 11.4 Å². The summed E-state index contributed by atoms with van der Waals surface area (Å²) in [6.07, 6.45) is 4.79. The summed E-state index contributed by atoms with van der Waals surface area (Å²) in [7, 11) is 1.68. The first-order chi connectivity index (χ1) is 13.7. The number of amides is 1. The second-order valence-electron chi connectivity index (χ2n) is 7.57. The molecule has 1 amide bonds. The Bertz CT molecular complexity index is 811. The maximum absolute atomic E-state index is 12.7. The van der Waals surface area contributed by atoms with Crippen LogP contribution in [0.25, 0.3) is 0 Å². The first-order valence-electron chi connectivity index (χ1n) is 10.3. The second kappa shape index (κ2) is 8.55. The van der Waals surface area contributed by atoms with Gasteiger partial charge in [-0.2, -0.15) is 0 Å². The Labute approximate surface area is 167 Å². The molecule has 1 heterocycles. The number of nitrogens with one attached hydrogen (secondary N) is 1. The first-order valence-corrected chi connectivity index (χ1v) is 10.3. The maximum Gasteiger partial charge on any atom is 0.241 e. The van der Waals surface area contributed by atoms with E-state index in [1.807, 2.05) is 17.0 Å². The fraction of sp³-hybridized carbons (Fsp3) is 0.435. The summed E-state index contributed by atoms with van der Waals surface area (Å²) in [6, 6.07) is 14.6. The summed E-state index contributed by atoms with van der Waals surface area (Å²) in [5, 5.41) is 3.41. The van der Waals surface area contributed by atoms with Crippen molar-refractivity contribution in [3.05, 3.63) is 53.6 Å². The Morgan fingerprint density at radius 2 is 1.75 bits per heavy atom. The van der Waals surface area contributed by atoms with Crippen LogP contribution in [0.15, 0.2) is 42.5 Å². The number of carbonyl (C=O) groups excluding carboxylic acids is 1. The van der Waals surface area contributed by atoms with Crippen LogP contribution >= 0.6 is 0 Å². The molecular formula is C23H29N3O2. The predicted molar refractivity (Wildman–Crippen MR) is 113 cm³/mol. The first kappa shape index (κ1) is 18.7. The number of hydrogen-bond donors (Lipinski definition) is 1. The molecule has 0 atom stereocenters. The number of benzene rings is 2. The van der Waals surface area contributed by atoms with Gasteiger partial charge in [0.15, 0.2) is 0 Å². The van der Waals surface area contributed by atoms with Gasteiger partial charge in [-0.3, -0.25) is 4.79 Å². The van der Waals surface area contributed by atoms with Gasteiger partial charge in [-0.15, -0.1) is 0 Å². The number of methoxy groups -OCH3 is 1. The molecule has 28 heavy (non-hydrogen) atoms. The second-order valence-corrected chi connectivity index (χ2v) is 7.57. The highest BCUT2D eigenvalue weighted by atomic mass is 16.5. The lowest BCUT2D eigenvalue weighted by atomic mass is 9.90. The van der Waals surface area contributed by atoms with Gasteiger partial charge in [-0.05, 0) is 67.1 Å². The normalized spacial score (nSPS) is 16.5. The van der Waals surface area contributed by atoms with Gasteiger partial charge in [-0.1, -0.05) is 12.1 Å². The molecule has 5 heteroatoms. The van der Waals surface area contributed by atoms with Crippen LogP contribution < -0.4 is 15.0 Å². The van der Waals surface area contributed by atoms with Gasteiger partial charge < -0.3 is 19.9 Å². The van der Waals surface area contributed by atoms with Crippen LogP contribution in [0.3, 0.4) is 0 Å². The number of carbonyl (C=O) groups is 1. The fourth-order valence-corrected chi connectivity index (χ4v) is 4.24. The Kier molecular flexibility index (Phi) is 5.70. The van der Waals surface area contributed by atoms with Gasteiger partial charge in [-0.25, -0.2) is 0 Å². The van der Waals surface area contributed by atoms with Crippen molar-refractivity contribution < 1.29 is 9.53 Å². The summed E-state index contributed by atoms with van der Waals surface area (Å²) in [6.45, 7) is 3.62. The Balaban J connectivity index is 1.30. The molecule has 0 bridgehead atoms. The van der Waals surface area contributed by atoms with E-state index in [0.717, 1.165) is 50.5 Å². The highest BCUT2D eigenvalue weighted by Gasteiger charge is 2.21. The van der Waals surface area contributed by atoms with E-state index < -0.39 is 0 Å². The number of ether oxygens (including phenoxy) is 1. The SMILES string of the molecule is COc1ccc(N2CCN(C(=O)CNc3cccc4c3CCCC4)CC2)cc1. The molecule has 1 aliphatic heterocycles. The molecule has 148 valence electrons. The highest BCUT2D eigenvalue weighted by Crippen LogP contribution is 2.27.